The first kappa shape index (κ1) is 39.8. The van der Waals surface area contributed by atoms with Crippen molar-refractivity contribution in [2.75, 3.05) is 17.7 Å². The molecular weight excluding hydrogens is 754 g/mol. The Kier molecular flexibility index (Phi) is 11.4. The highest BCUT2D eigenvalue weighted by Gasteiger charge is 2.38. The van der Waals surface area contributed by atoms with Crippen LogP contribution >= 0.6 is 0 Å². The second-order valence-electron chi connectivity index (χ2n) is 13.5. The normalized spacial score (nSPS) is 17.1. The fourth-order valence-corrected chi connectivity index (χ4v) is 5.89. The number of carbonyl (C=O) groups excluding carboxylic acids is 4. The molecule has 4 aromatic heterocycles. The smallest absolute Gasteiger partial charge is 0.383 e. The average Bonchev–Trinajstić information content (AvgIpc) is 4.12. The number of aromatic nitrogens is 5. The third-order valence-electron chi connectivity index (χ3n) is 9.17. The summed E-state index contributed by atoms with van der Waals surface area (Å²) in [5.41, 5.74) is 10.3. The lowest BCUT2D eigenvalue weighted by molar-refractivity contribution is -0.145. The molecule has 15 nitrogen and oxygen atoms in total. The number of amides is 4. The Morgan fingerprint density at radius 1 is 0.786 bits per heavy atom. The van der Waals surface area contributed by atoms with E-state index in [0.717, 1.165) is 44.2 Å². The summed E-state index contributed by atoms with van der Waals surface area (Å²) in [5.74, 6) is -3.42. The van der Waals surface area contributed by atoms with Crippen LogP contribution in [-0.2, 0) is 49.4 Å². The molecule has 4 amide bonds. The minimum atomic E-state index is -4.51. The Bertz CT molecular complexity index is 2080. The number of nitrogen functional groups attached to an aromatic ring is 1. The number of nitrogens with one attached hydrogen (secondary N) is 1. The summed E-state index contributed by atoms with van der Waals surface area (Å²) in [7, 11) is 0. The van der Waals surface area contributed by atoms with Crippen LogP contribution in [0.5, 0.6) is 0 Å². The molecule has 0 bridgehead atoms. The molecule has 4 aromatic rings. The molecule has 7 rings (SSSR count). The van der Waals surface area contributed by atoms with Gasteiger partial charge in [-0.05, 0) is 69.2 Å². The Labute approximate surface area is 314 Å². The van der Waals surface area contributed by atoms with Crippen LogP contribution in [0.25, 0.3) is 10.9 Å². The van der Waals surface area contributed by atoms with E-state index in [1.807, 2.05) is 0 Å². The van der Waals surface area contributed by atoms with Crippen molar-refractivity contribution in [1.29, 1.82) is 0 Å². The molecule has 21 heteroatoms. The zero-order chi connectivity index (χ0) is 40.4. The second-order valence-corrected chi connectivity index (χ2v) is 13.5. The number of hydrogen-bond acceptors (Lipinski definition) is 10. The van der Waals surface area contributed by atoms with E-state index in [9.17, 15) is 45.5 Å². The van der Waals surface area contributed by atoms with Crippen molar-refractivity contribution in [2.45, 2.75) is 88.7 Å². The molecule has 2 saturated carbocycles. The van der Waals surface area contributed by atoms with Crippen molar-refractivity contribution in [3.63, 3.8) is 0 Å². The number of carbonyl (C=O) groups is 4. The lowest BCUT2D eigenvalue weighted by atomic mass is 10.2. The number of hydrogen-bond donors (Lipinski definition) is 3. The van der Waals surface area contributed by atoms with Crippen LogP contribution in [0, 0.1) is 0 Å². The Morgan fingerprint density at radius 3 is 1.79 bits per heavy atom. The molecule has 2 aliphatic carbocycles. The lowest BCUT2D eigenvalue weighted by Crippen LogP contribution is -2.41. The molecule has 298 valence electrons. The van der Waals surface area contributed by atoms with E-state index in [0.29, 0.717) is 42.7 Å². The molecule has 3 fully saturated rings. The van der Waals surface area contributed by atoms with Crippen LogP contribution < -0.4 is 16.8 Å². The highest BCUT2D eigenvalue weighted by molar-refractivity contribution is 6.40. The van der Waals surface area contributed by atoms with Crippen LogP contribution in [0.3, 0.4) is 0 Å². The predicted molar refractivity (Wildman–Crippen MR) is 184 cm³/mol. The van der Waals surface area contributed by atoms with E-state index in [2.05, 4.69) is 25.4 Å². The number of nitrogens with two attached hydrogens (primary N) is 2. The molecule has 3 aliphatic rings. The molecule has 1 aliphatic heterocycles. The van der Waals surface area contributed by atoms with Gasteiger partial charge in [0.05, 0.1) is 52.9 Å². The minimum absolute atomic E-state index is 0.0232. The average molecular weight is 791 g/mol. The van der Waals surface area contributed by atoms with E-state index in [-0.39, 0.29) is 54.3 Å². The standard InChI is InChI=1S/C23H24F3N7O3.C12H12F3N3O2/c24-23(25,26)13-4-5-14(28-9-13)11-32(15-6-7-15)22(35)21(34)30-17-10-29-20(27)16-12-33(31-19(16)17)18-3-1-2-8-36-18;13-12(14,15)7-1-2-8(17-5-7)6-18(9-3-4-9)11(20)10(16)19/h4-5,9-10,12,15,18H,1-3,6-8,11H2,(H2,27,29)(H,30,34);1-2,5,9H,3-4,6H2,(H2,16,19). The van der Waals surface area contributed by atoms with Crippen molar-refractivity contribution in [3.05, 3.63) is 71.6 Å². The number of fused-ring (bicyclic) bond motifs is 1. The number of nitrogens with zero attached hydrogens (tertiary/aromatic N) is 7. The summed E-state index contributed by atoms with van der Waals surface area (Å²) in [4.78, 5) is 62.6. The Hall–Kier alpha value is -5.86. The highest BCUT2D eigenvalue weighted by Crippen LogP contribution is 2.33. The molecule has 0 spiro atoms. The van der Waals surface area contributed by atoms with Gasteiger partial charge in [0.15, 0.2) is 0 Å². The lowest BCUT2D eigenvalue weighted by Gasteiger charge is -2.22. The Balaban J connectivity index is 0.000000225. The van der Waals surface area contributed by atoms with Gasteiger partial charge in [-0.15, -0.1) is 0 Å². The zero-order valence-corrected chi connectivity index (χ0v) is 29.5. The third-order valence-corrected chi connectivity index (χ3v) is 9.17. The van der Waals surface area contributed by atoms with E-state index >= 15 is 0 Å². The van der Waals surface area contributed by atoms with Gasteiger partial charge in [-0.1, -0.05) is 0 Å². The number of alkyl halides is 6. The summed E-state index contributed by atoms with van der Waals surface area (Å²) in [6.07, 6.45) is 0.894. The molecule has 0 radical (unpaired) electrons. The second kappa shape index (κ2) is 16.1. The number of primary amides is 1. The van der Waals surface area contributed by atoms with E-state index in [1.54, 1.807) is 10.9 Å². The van der Waals surface area contributed by atoms with E-state index in [1.165, 1.54) is 28.1 Å². The van der Waals surface area contributed by atoms with Gasteiger partial charge in [0.2, 0.25) is 0 Å². The quantitative estimate of drug-likeness (QED) is 0.170. The fraction of sp³-hybridized carbons (Fsp3) is 0.429. The number of anilines is 2. The van der Waals surface area contributed by atoms with Crippen molar-refractivity contribution in [3.8, 4) is 0 Å². The molecule has 1 saturated heterocycles. The first-order valence-corrected chi connectivity index (χ1v) is 17.5. The van der Waals surface area contributed by atoms with E-state index < -0.39 is 47.1 Å². The maximum Gasteiger partial charge on any atom is 0.417 e. The summed E-state index contributed by atoms with van der Waals surface area (Å²) in [6, 6.07) is 3.92. The van der Waals surface area contributed by atoms with Gasteiger partial charge in [0, 0.05) is 37.3 Å². The molecule has 5 heterocycles. The Morgan fingerprint density at radius 2 is 1.34 bits per heavy atom. The van der Waals surface area contributed by atoms with Crippen LogP contribution in [0.15, 0.2) is 49.1 Å². The molecule has 1 unspecified atom stereocenters. The molecule has 1 atom stereocenters. The van der Waals surface area contributed by atoms with Crippen molar-refractivity contribution < 1.29 is 50.3 Å². The van der Waals surface area contributed by atoms with Crippen LogP contribution in [0.2, 0.25) is 0 Å². The van der Waals surface area contributed by atoms with Crippen molar-refractivity contribution >= 4 is 46.0 Å². The SMILES string of the molecule is NC(=O)C(=O)N(Cc1ccc(C(F)(F)F)cn1)C1CC1.Nc1ncc(NC(=O)C(=O)N(Cc2ccc(C(F)(F)F)cn2)C2CC2)c2nn(C3CCCCO3)cc12. The number of halogens is 6. The first-order chi connectivity index (χ1) is 26.5. The van der Waals surface area contributed by atoms with Gasteiger partial charge in [-0.2, -0.15) is 31.4 Å². The third kappa shape index (κ3) is 9.68. The van der Waals surface area contributed by atoms with Crippen molar-refractivity contribution in [1.82, 2.24) is 34.5 Å². The largest absolute Gasteiger partial charge is 0.417 e. The monoisotopic (exact) mass is 790 g/mol. The molecule has 56 heavy (non-hydrogen) atoms. The van der Waals surface area contributed by atoms with E-state index in [4.69, 9.17) is 16.2 Å². The number of pyridine rings is 3. The summed E-state index contributed by atoms with van der Waals surface area (Å²) < 4.78 is 83.0. The van der Waals surface area contributed by atoms with Gasteiger partial charge in [-0.25, -0.2) is 9.67 Å². The minimum Gasteiger partial charge on any atom is -0.383 e. The zero-order valence-electron chi connectivity index (χ0n) is 29.5. The highest BCUT2D eigenvalue weighted by atomic mass is 19.4. The first-order valence-electron chi connectivity index (χ1n) is 17.5. The van der Waals surface area contributed by atoms with Gasteiger partial charge in [-0.3, -0.25) is 29.1 Å². The van der Waals surface area contributed by atoms with Crippen molar-refractivity contribution in [2.24, 2.45) is 5.73 Å². The van der Waals surface area contributed by atoms with Crippen LogP contribution in [0.4, 0.5) is 37.8 Å². The summed E-state index contributed by atoms with van der Waals surface area (Å²) >= 11 is 0. The van der Waals surface area contributed by atoms with Gasteiger partial charge >= 0.3 is 36.0 Å². The summed E-state index contributed by atoms with van der Waals surface area (Å²) in [6.45, 7) is 0.514. The molecule has 5 N–H and O–H groups in total. The number of rotatable bonds is 8. The number of ether oxygens (including phenoxy) is 1. The van der Waals surface area contributed by atoms with Gasteiger partial charge in [0.25, 0.3) is 0 Å². The van der Waals surface area contributed by atoms with Crippen LogP contribution in [0.1, 0.15) is 73.7 Å². The fourth-order valence-electron chi connectivity index (χ4n) is 5.89. The maximum absolute atomic E-state index is 13.0. The maximum atomic E-state index is 13.0. The molecular formula is C35H36F6N10O5. The molecule has 0 aromatic carbocycles. The predicted octanol–water partition coefficient (Wildman–Crippen LogP) is 4.33. The summed E-state index contributed by atoms with van der Waals surface area (Å²) in [5, 5.41) is 7.62. The van der Waals surface area contributed by atoms with Gasteiger partial charge in [0.1, 0.15) is 17.6 Å². The van der Waals surface area contributed by atoms with Gasteiger partial charge < -0.3 is 31.3 Å². The topological polar surface area (TPSA) is 205 Å². The van der Waals surface area contributed by atoms with Crippen LogP contribution in [-0.4, -0.2) is 76.9 Å².